The molecule has 0 bridgehead atoms. The van der Waals surface area contributed by atoms with Crippen molar-refractivity contribution < 1.29 is 27.1 Å². The second-order valence-corrected chi connectivity index (χ2v) is 8.28. The van der Waals surface area contributed by atoms with Crippen LogP contribution in [-0.2, 0) is 14.8 Å². The molecular formula is C19H21FN2O5S. The highest BCUT2D eigenvalue weighted by molar-refractivity contribution is 7.92. The summed E-state index contributed by atoms with van der Waals surface area (Å²) in [5.74, 6) is -0.0519. The van der Waals surface area contributed by atoms with Gasteiger partial charge in [0.1, 0.15) is 23.9 Å². The molecule has 1 N–H and O–H groups in total. The van der Waals surface area contributed by atoms with Crippen LogP contribution in [0.25, 0.3) is 0 Å². The zero-order valence-corrected chi connectivity index (χ0v) is 16.1. The predicted octanol–water partition coefficient (Wildman–Crippen LogP) is 1.94. The van der Waals surface area contributed by atoms with E-state index in [1.807, 2.05) is 0 Å². The number of sulfonamides is 1. The maximum Gasteiger partial charge on any atom is 0.263 e. The van der Waals surface area contributed by atoms with Crippen molar-refractivity contribution in [3.05, 3.63) is 54.3 Å². The highest BCUT2D eigenvalue weighted by Gasteiger charge is 2.35. The molecular weight excluding hydrogens is 387 g/mol. The molecule has 0 aliphatic carbocycles. The third kappa shape index (κ3) is 4.53. The highest BCUT2D eigenvalue weighted by Crippen LogP contribution is 2.34. The van der Waals surface area contributed by atoms with Crippen molar-refractivity contribution in [2.24, 2.45) is 0 Å². The first-order chi connectivity index (χ1) is 13.4. The number of nitrogens with zero attached hydrogens (tertiary/aromatic N) is 1. The van der Waals surface area contributed by atoms with Crippen molar-refractivity contribution in [1.29, 1.82) is 0 Å². The Morgan fingerprint density at radius 3 is 2.68 bits per heavy atom. The van der Waals surface area contributed by atoms with Gasteiger partial charge < -0.3 is 14.8 Å². The van der Waals surface area contributed by atoms with E-state index in [4.69, 9.17) is 9.47 Å². The Balaban J connectivity index is 1.60. The van der Waals surface area contributed by atoms with Crippen LogP contribution in [0.2, 0.25) is 0 Å². The molecule has 1 aliphatic heterocycles. The van der Waals surface area contributed by atoms with Crippen LogP contribution in [0.4, 0.5) is 10.1 Å². The van der Waals surface area contributed by atoms with Crippen molar-refractivity contribution in [3.8, 4) is 11.5 Å². The molecule has 2 aromatic rings. The molecule has 0 spiro atoms. The predicted molar refractivity (Wildman–Crippen MR) is 103 cm³/mol. The number of fused-ring (bicyclic) bond motifs is 1. The molecule has 7 nitrogen and oxygen atoms in total. The van der Waals surface area contributed by atoms with Gasteiger partial charge in [-0.25, -0.2) is 12.8 Å². The zero-order chi connectivity index (χ0) is 20.1. The zero-order valence-electron chi connectivity index (χ0n) is 15.3. The van der Waals surface area contributed by atoms with Gasteiger partial charge in [-0.2, -0.15) is 0 Å². The van der Waals surface area contributed by atoms with Gasteiger partial charge in [-0.05, 0) is 43.3 Å². The second kappa shape index (κ2) is 8.47. The van der Waals surface area contributed by atoms with Gasteiger partial charge >= 0.3 is 0 Å². The fourth-order valence-corrected chi connectivity index (χ4v) is 3.87. The van der Waals surface area contributed by atoms with Gasteiger partial charge in [0, 0.05) is 0 Å². The van der Waals surface area contributed by atoms with Gasteiger partial charge in [0.2, 0.25) is 10.0 Å². The number of anilines is 1. The standard InChI is InChI=1S/C19H21FN2O5S/c1-2-28(24,25)22-13-18(27-17-6-4-3-5-16(17)22)19(23)21-11-12-26-15-9-7-14(20)8-10-15/h3-10,18H,2,11-13H2,1H3,(H,21,23). The molecule has 1 aliphatic rings. The molecule has 0 radical (unpaired) electrons. The van der Waals surface area contributed by atoms with Gasteiger partial charge in [0.05, 0.1) is 24.5 Å². The van der Waals surface area contributed by atoms with Crippen molar-refractivity contribution >= 4 is 21.6 Å². The Morgan fingerprint density at radius 1 is 1.25 bits per heavy atom. The Labute approximate surface area is 163 Å². The molecule has 1 unspecified atom stereocenters. The summed E-state index contributed by atoms with van der Waals surface area (Å²) < 4.78 is 50.0. The number of rotatable bonds is 7. The van der Waals surface area contributed by atoms with Crippen LogP contribution in [0, 0.1) is 5.82 Å². The lowest BCUT2D eigenvalue weighted by Gasteiger charge is -2.34. The summed E-state index contributed by atoms with van der Waals surface area (Å²) in [6.07, 6.45) is -0.970. The van der Waals surface area contributed by atoms with Crippen LogP contribution in [0.1, 0.15) is 6.92 Å². The summed E-state index contributed by atoms with van der Waals surface area (Å²) in [6, 6.07) is 12.3. The largest absolute Gasteiger partial charge is 0.492 e. The Bertz CT molecular complexity index is 934. The monoisotopic (exact) mass is 408 g/mol. The minimum Gasteiger partial charge on any atom is -0.492 e. The maximum absolute atomic E-state index is 12.9. The number of para-hydroxylation sites is 2. The molecule has 2 aromatic carbocycles. The average Bonchev–Trinajstić information content (AvgIpc) is 2.71. The summed E-state index contributed by atoms with van der Waals surface area (Å²) in [5.41, 5.74) is 0.424. The number of benzene rings is 2. The lowest BCUT2D eigenvalue weighted by Crippen LogP contribution is -2.51. The van der Waals surface area contributed by atoms with Crippen molar-refractivity contribution in [3.63, 3.8) is 0 Å². The summed E-state index contributed by atoms with van der Waals surface area (Å²) in [4.78, 5) is 12.5. The van der Waals surface area contributed by atoms with Gasteiger partial charge in [-0.1, -0.05) is 12.1 Å². The number of nitrogens with one attached hydrogen (secondary N) is 1. The fourth-order valence-electron chi connectivity index (χ4n) is 2.75. The first-order valence-electron chi connectivity index (χ1n) is 8.83. The molecule has 1 atom stereocenters. The number of ether oxygens (including phenoxy) is 2. The number of carbonyl (C=O) groups is 1. The van der Waals surface area contributed by atoms with E-state index in [2.05, 4.69) is 5.32 Å². The van der Waals surface area contributed by atoms with E-state index in [0.29, 0.717) is 17.2 Å². The van der Waals surface area contributed by atoms with E-state index in [1.54, 1.807) is 31.2 Å². The molecule has 0 saturated carbocycles. The van der Waals surface area contributed by atoms with Crippen LogP contribution >= 0.6 is 0 Å². The molecule has 0 aromatic heterocycles. The van der Waals surface area contributed by atoms with Crippen LogP contribution in [0.3, 0.4) is 0 Å². The van der Waals surface area contributed by atoms with Gasteiger partial charge in [-0.15, -0.1) is 0 Å². The second-order valence-electron chi connectivity index (χ2n) is 6.10. The van der Waals surface area contributed by atoms with E-state index in [9.17, 15) is 17.6 Å². The third-order valence-electron chi connectivity index (χ3n) is 4.21. The molecule has 0 fully saturated rings. The summed E-state index contributed by atoms with van der Waals surface area (Å²) in [5, 5.41) is 2.67. The van der Waals surface area contributed by atoms with Crippen molar-refractivity contribution in [2.75, 3.05) is 29.8 Å². The van der Waals surface area contributed by atoms with Gasteiger partial charge in [0.25, 0.3) is 5.91 Å². The van der Waals surface area contributed by atoms with E-state index >= 15 is 0 Å². The first kappa shape index (κ1) is 19.9. The Morgan fingerprint density at radius 2 is 1.96 bits per heavy atom. The SMILES string of the molecule is CCS(=O)(=O)N1CC(C(=O)NCCOc2ccc(F)cc2)Oc2ccccc21. The lowest BCUT2D eigenvalue weighted by atomic mass is 10.2. The van der Waals surface area contributed by atoms with Gasteiger partial charge in [0.15, 0.2) is 6.10 Å². The van der Waals surface area contributed by atoms with Crippen LogP contribution in [0.5, 0.6) is 11.5 Å². The molecule has 28 heavy (non-hydrogen) atoms. The smallest absolute Gasteiger partial charge is 0.263 e. The van der Waals surface area contributed by atoms with E-state index in [-0.39, 0.29) is 31.3 Å². The molecule has 1 amide bonds. The summed E-state index contributed by atoms with van der Waals surface area (Å²) >= 11 is 0. The molecule has 1 heterocycles. The van der Waals surface area contributed by atoms with E-state index < -0.39 is 22.0 Å². The normalized spacial score (nSPS) is 16.1. The first-order valence-corrected chi connectivity index (χ1v) is 10.4. The number of hydrogen-bond donors (Lipinski definition) is 1. The topological polar surface area (TPSA) is 84.9 Å². The van der Waals surface area contributed by atoms with Crippen molar-refractivity contribution in [1.82, 2.24) is 5.32 Å². The van der Waals surface area contributed by atoms with E-state index in [1.165, 1.54) is 28.6 Å². The third-order valence-corrected chi connectivity index (χ3v) is 5.96. The molecule has 150 valence electrons. The Hall–Kier alpha value is -2.81. The van der Waals surface area contributed by atoms with Crippen LogP contribution in [0.15, 0.2) is 48.5 Å². The number of carbonyl (C=O) groups excluding carboxylic acids is 1. The number of hydrogen-bond acceptors (Lipinski definition) is 5. The van der Waals surface area contributed by atoms with Crippen LogP contribution in [-0.4, -0.2) is 45.9 Å². The maximum atomic E-state index is 12.9. The lowest BCUT2D eigenvalue weighted by molar-refractivity contribution is -0.127. The molecule has 0 saturated heterocycles. The average molecular weight is 408 g/mol. The van der Waals surface area contributed by atoms with E-state index in [0.717, 1.165) is 0 Å². The van der Waals surface area contributed by atoms with Gasteiger partial charge in [-0.3, -0.25) is 9.10 Å². The quantitative estimate of drug-likeness (QED) is 0.708. The summed E-state index contributed by atoms with van der Waals surface area (Å²) in [6.45, 7) is 1.82. The Kier molecular flexibility index (Phi) is 6.03. The number of amides is 1. The van der Waals surface area contributed by atoms with Crippen molar-refractivity contribution in [2.45, 2.75) is 13.0 Å². The fraction of sp³-hybridized carbons (Fsp3) is 0.316. The molecule has 9 heteroatoms. The summed E-state index contributed by atoms with van der Waals surface area (Å²) in [7, 11) is -3.55. The minimum atomic E-state index is -3.55. The number of halogens is 1. The van der Waals surface area contributed by atoms with Crippen LogP contribution < -0.4 is 19.1 Å². The molecule has 3 rings (SSSR count). The minimum absolute atomic E-state index is 0.0822. The highest BCUT2D eigenvalue weighted by atomic mass is 32.2.